The Morgan fingerprint density at radius 3 is 1.71 bits per heavy atom. The summed E-state index contributed by atoms with van der Waals surface area (Å²) in [6, 6.07) is 0. The molecule has 0 aromatic carbocycles. The molecule has 8 heteroatoms. The van der Waals surface area contributed by atoms with Gasteiger partial charge in [0, 0.05) is 13.0 Å². The van der Waals surface area contributed by atoms with Crippen LogP contribution in [0.5, 0.6) is 0 Å². The summed E-state index contributed by atoms with van der Waals surface area (Å²) in [7, 11) is -3.73. The number of ether oxygens (including phenoxy) is 2. The molecule has 0 heterocycles. The van der Waals surface area contributed by atoms with Gasteiger partial charge in [-0.15, -0.1) is 0 Å². The molecule has 38 heavy (non-hydrogen) atoms. The Morgan fingerprint density at radius 2 is 1.24 bits per heavy atom. The van der Waals surface area contributed by atoms with Crippen molar-refractivity contribution in [3.63, 3.8) is 0 Å². The maximum Gasteiger partial charge on any atom is 0.333 e. The molecule has 0 rings (SSSR count). The topological polar surface area (TPSA) is 86.5 Å². The van der Waals surface area contributed by atoms with Crippen LogP contribution in [0, 0.1) is 0 Å². The van der Waals surface area contributed by atoms with Gasteiger partial charge in [0.1, 0.15) is 6.10 Å². The van der Waals surface area contributed by atoms with E-state index in [2.05, 4.69) is 20.8 Å². The average Bonchev–Trinajstić information content (AvgIpc) is 2.89. The number of hydrogen-bond donors (Lipinski definition) is 2. The fourth-order valence-electron chi connectivity index (χ4n) is 4.52. The molecule has 0 fully saturated rings. The number of carbonyl (C=O) groups excluding carboxylic acids is 1. The third kappa shape index (κ3) is 24.6. The number of nitrogens with one attached hydrogen (secondary N) is 1. The second-order valence-electron chi connectivity index (χ2n) is 10.8. The molecule has 0 saturated carbocycles. The Balaban J connectivity index is 3.94. The summed E-state index contributed by atoms with van der Waals surface area (Å²) >= 11 is 0. The Morgan fingerprint density at radius 1 is 0.737 bits per heavy atom. The van der Waals surface area contributed by atoms with Crippen LogP contribution in [0.2, 0.25) is 0 Å². The quantitative estimate of drug-likeness (QED) is 0.0596. The molecule has 0 aliphatic heterocycles. The predicted molar refractivity (Wildman–Crippen MR) is 158 cm³/mol. The van der Waals surface area contributed by atoms with E-state index in [4.69, 9.17) is 14.0 Å². The van der Waals surface area contributed by atoms with Crippen molar-refractivity contribution in [2.75, 3.05) is 45.6 Å². The number of hydrogen-bond acceptors (Lipinski definition) is 5. The normalized spacial score (nSPS) is 14.1. The minimum Gasteiger partial charge on any atom is -0.457 e. The van der Waals surface area contributed by atoms with Gasteiger partial charge in [-0.05, 0) is 26.7 Å². The van der Waals surface area contributed by atoms with E-state index in [0.29, 0.717) is 26.0 Å². The van der Waals surface area contributed by atoms with E-state index in [9.17, 15) is 14.3 Å². The third-order valence-electron chi connectivity index (χ3n) is 7.16. The zero-order chi connectivity index (χ0) is 28.3. The molecule has 0 bridgehead atoms. The molecule has 2 atom stereocenters. The van der Waals surface area contributed by atoms with Crippen LogP contribution in [-0.4, -0.2) is 62.6 Å². The van der Waals surface area contributed by atoms with Crippen molar-refractivity contribution in [3.05, 3.63) is 0 Å². The van der Waals surface area contributed by atoms with Gasteiger partial charge in [0.15, 0.2) is 0 Å². The van der Waals surface area contributed by atoms with Crippen LogP contribution in [0.1, 0.15) is 137 Å². The van der Waals surface area contributed by atoms with Gasteiger partial charge >= 0.3 is 13.6 Å². The lowest BCUT2D eigenvalue weighted by atomic mass is 10.0. The summed E-state index contributed by atoms with van der Waals surface area (Å²) in [5.41, 5.74) is 0. The summed E-state index contributed by atoms with van der Waals surface area (Å²) in [4.78, 5) is 23.4. The molecule has 0 spiro atoms. The van der Waals surface area contributed by atoms with Crippen LogP contribution in [0.15, 0.2) is 0 Å². The van der Waals surface area contributed by atoms with Crippen molar-refractivity contribution in [3.8, 4) is 0 Å². The molecule has 0 amide bonds. The average molecular weight is 565 g/mol. The zero-order valence-electron chi connectivity index (χ0n) is 25.5. The Hall–Kier alpha value is -0.460. The highest BCUT2D eigenvalue weighted by Gasteiger charge is 2.25. The van der Waals surface area contributed by atoms with Crippen molar-refractivity contribution in [2.45, 2.75) is 143 Å². The molecule has 0 aliphatic rings. The van der Waals surface area contributed by atoms with E-state index in [-0.39, 0.29) is 25.3 Å². The standard InChI is InChI=1S/C30H62NO6P/c1-5-9-10-11-12-13-14-15-16-17-18-19-20-21-22-25-35-27-29(37-30(32)23-6-2)28-36-38(33,34)26-24-31(7-3)8-4/h29H,5-28H2,1-4H3,(H,33,34)/p+1. The fraction of sp³-hybridized carbons (Fsp3) is 0.967. The molecule has 7 nitrogen and oxygen atoms in total. The van der Waals surface area contributed by atoms with Crippen LogP contribution in [0.3, 0.4) is 0 Å². The van der Waals surface area contributed by atoms with Gasteiger partial charge < -0.3 is 23.8 Å². The van der Waals surface area contributed by atoms with Gasteiger partial charge in [0.25, 0.3) is 0 Å². The number of carbonyl (C=O) groups is 1. The maximum absolute atomic E-state index is 12.4. The molecule has 0 saturated heterocycles. The highest BCUT2D eigenvalue weighted by molar-refractivity contribution is 7.52. The van der Waals surface area contributed by atoms with E-state index in [1.54, 1.807) is 0 Å². The van der Waals surface area contributed by atoms with Crippen molar-refractivity contribution >= 4 is 13.6 Å². The third-order valence-corrected chi connectivity index (χ3v) is 8.50. The van der Waals surface area contributed by atoms with Crippen molar-refractivity contribution in [1.29, 1.82) is 0 Å². The summed E-state index contributed by atoms with van der Waals surface area (Å²) < 4.78 is 29.0. The van der Waals surface area contributed by atoms with E-state index >= 15 is 0 Å². The van der Waals surface area contributed by atoms with Crippen molar-refractivity contribution < 1.29 is 33.2 Å². The Bertz CT molecular complexity index is 573. The molecule has 2 N–H and O–H groups in total. The summed E-state index contributed by atoms with van der Waals surface area (Å²) in [6.45, 7) is 11.4. The van der Waals surface area contributed by atoms with Crippen LogP contribution in [0.25, 0.3) is 0 Å². The van der Waals surface area contributed by atoms with Crippen molar-refractivity contribution in [1.82, 2.24) is 0 Å². The van der Waals surface area contributed by atoms with Gasteiger partial charge in [-0.25, -0.2) is 0 Å². The van der Waals surface area contributed by atoms with Gasteiger partial charge in [-0.1, -0.05) is 104 Å². The van der Waals surface area contributed by atoms with Gasteiger partial charge in [-0.3, -0.25) is 9.36 Å². The van der Waals surface area contributed by atoms with E-state index in [1.165, 1.54) is 88.4 Å². The van der Waals surface area contributed by atoms with Gasteiger partial charge in [-0.2, -0.15) is 0 Å². The summed E-state index contributed by atoms with van der Waals surface area (Å²) in [5, 5.41) is 0. The lowest BCUT2D eigenvalue weighted by Crippen LogP contribution is -3.11. The lowest BCUT2D eigenvalue weighted by molar-refractivity contribution is -0.893. The first-order valence-electron chi connectivity index (χ1n) is 16.0. The largest absolute Gasteiger partial charge is 0.457 e. The van der Waals surface area contributed by atoms with Gasteiger partial charge in [0.05, 0.1) is 39.0 Å². The van der Waals surface area contributed by atoms with Crippen LogP contribution < -0.4 is 4.90 Å². The minimum atomic E-state index is -3.73. The lowest BCUT2D eigenvalue weighted by Gasteiger charge is -2.21. The molecule has 0 aromatic rings. The predicted octanol–water partition coefficient (Wildman–Crippen LogP) is 6.71. The highest BCUT2D eigenvalue weighted by atomic mass is 31.2. The second kappa shape index (κ2) is 26.7. The van der Waals surface area contributed by atoms with Crippen LogP contribution in [0.4, 0.5) is 0 Å². The van der Waals surface area contributed by atoms with E-state index < -0.39 is 13.7 Å². The van der Waals surface area contributed by atoms with Crippen LogP contribution in [-0.2, 0) is 23.4 Å². The number of quaternary nitrogens is 1. The first-order chi connectivity index (χ1) is 18.4. The smallest absolute Gasteiger partial charge is 0.333 e. The number of unbranched alkanes of at least 4 members (excludes halogenated alkanes) is 14. The highest BCUT2D eigenvalue weighted by Crippen LogP contribution is 2.41. The van der Waals surface area contributed by atoms with Crippen molar-refractivity contribution in [2.24, 2.45) is 0 Å². The zero-order valence-corrected chi connectivity index (χ0v) is 26.4. The fourth-order valence-corrected chi connectivity index (χ4v) is 5.65. The molecule has 2 unspecified atom stereocenters. The molecule has 0 aromatic heterocycles. The SMILES string of the molecule is CCCCCCCCCCCCCCCCCOCC(COP(=O)(O)CC[NH+](CC)CC)OC(=O)CCC. The van der Waals surface area contributed by atoms with E-state index in [1.807, 2.05) is 6.92 Å². The Labute approximate surface area is 235 Å². The molecule has 0 aliphatic carbocycles. The second-order valence-corrected chi connectivity index (χ2v) is 12.7. The van der Waals surface area contributed by atoms with Crippen LogP contribution >= 0.6 is 7.60 Å². The molecular formula is C30H63NO6P+. The van der Waals surface area contributed by atoms with E-state index in [0.717, 1.165) is 25.9 Å². The monoisotopic (exact) mass is 564 g/mol. The first kappa shape index (κ1) is 37.5. The molecular weight excluding hydrogens is 501 g/mol. The maximum atomic E-state index is 12.4. The molecule has 0 radical (unpaired) electrons. The number of rotatable bonds is 29. The molecule has 228 valence electrons. The minimum absolute atomic E-state index is 0.0968. The number of esters is 1. The van der Waals surface area contributed by atoms with Gasteiger partial charge in [0.2, 0.25) is 0 Å². The summed E-state index contributed by atoms with van der Waals surface area (Å²) in [6.07, 6.45) is 20.2. The Kier molecular flexibility index (Phi) is 26.4. The first-order valence-corrected chi connectivity index (χ1v) is 17.7. The summed E-state index contributed by atoms with van der Waals surface area (Å²) in [5.74, 6) is -0.322.